The Bertz CT molecular complexity index is 889. The van der Waals surface area contributed by atoms with Crippen LogP contribution in [0.4, 0.5) is 5.69 Å². The van der Waals surface area contributed by atoms with Crippen LogP contribution in [0.15, 0.2) is 47.6 Å². The number of rotatable bonds is 5. The van der Waals surface area contributed by atoms with Crippen LogP contribution in [0, 0.1) is 0 Å². The van der Waals surface area contributed by atoms with Crippen LogP contribution in [0.25, 0.3) is 0 Å². The number of carbonyl (C=O) groups excluding carboxylic acids is 1. The van der Waals surface area contributed by atoms with Crippen molar-refractivity contribution in [2.75, 3.05) is 18.6 Å². The van der Waals surface area contributed by atoms with Gasteiger partial charge in [0, 0.05) is 17.8 Å². The minimum absolute atomic E-state index is 0.152. The Labute approximate surface area is 167 Å². The summed E-state index contributed by atoms with van der Waals surface area (Å²) in [7, 11) is 1.55. The zero-order chi connectivity index (χ0) is 20.3. The molecule has 0 aliphatic carbocycles. The van der Waals surface area contributed by atoms with Crippen molar-refractivity contribution in [3.05, 3.63) is 59.2 Å². The number of nitrogens with zero attached hydrogens (tertiary/aromatic N) is 2. The van der Waals surface area contributed by atoms with E-state index in [0.717, 1.165) is 18.5 Å². The molecule has 1 heterocycles. The van der Waals surface area contributed by atoms with Crippen LogP contribution in [0.2, 0.25) is 0 Å². The lowest BCUT2D eigenvalue weighted by atomic mass is 9.79. The van der Waals surface area contributed by atoms with Gasteiger partial charge in [-0.3, -0.25) is 4.79 Å². The van der Waals surface area contributed by atoms with Crippen LogP contribution in [0.3, 0.4) is 0 Å². The van der Waals surface area contributed by atoms with Crippen molar-refractivity contribution in [1.82, 2.24) is 5.43 Å². The second-order valence-electron chi connectivity index (χ2n) is 7.88. The summed E-state index contributed by atoms with van der Waals surface area (Å²) in [6.07, 6.45) is 2.80. The summed E-state index contributed by atoms with van der Waals surface area (Å²) < 4.78 is 5.23. The normalized spacial score (nSPS) is 18.0. The molecule has 1 atom stereocenters. The van der Waals surface area contributed by atoms with E-state index >= 15 is 0 Å². The molecule has 148 valence electrons. The van der Waals surface area contributed by atoms with E-state index in [9.17, 15) is 4.79 Å². The first-order chi connectivity index (χ1) is 13.4. The van der Waals surface area contributed by atoms with Crippen LogP contribution in [-0.4, -0.2) is 31.3 Å². The molecule has 2 aromatic carbocycles. The highest BCUT2D eigenvalue weighted by Crippen LogP contribution is 2.43. The fraction of sp³-hybridized carbons (Fsp3) is 0.391. The van der Waals surface area contributed by atoms with E-state index in [-0.39, 0.29) is 11.4 Å². The lowest BCUT2D eigenvalue weighted by Crippen LogP contribution is -2.48. The summed E-state index contributed by atoms with van der Waals surface area (Å²) in [6.45, 7) is 10.1. The predicted molar refractivity (Wildman–Crippen MR) is 115 cm³/mol. The van der Waals surface area contributed by atoms with Crippen molar-refractivity contribution in [3.63, 3.8) is 0 Å². The molecule has 5 heteroatoms. The molecular formula is C23H29N3O2. The molecule has 0 spiro atoms. The molecule has 0 fully saturated rings. The molecule has 0 radical (unpaired) electrons. The van der Waals surface area contributed by atoms with Crippen LogP contribution in [-0.2, 0) is 0 Å². The minimum Gasteiger partial charge on any atom is -0.496 e. The number of nitrogens with one attached hydrogen (secondary N) is 1. The summed E-state index contributed by atoms with van der Waals surface area (Å²) in [5, 5.41) is 4.14. The van der Waals surface area contributed by atoms with Crippen LogP contribution < -0.4 is 15.1 Å². The number of fused-ring (bicyclic) bond motifs is 1. The van der Waals surface area contributed by atoms with E-state index in [4.69, 9.17) is 4.74 Å². The third kappa shape index (κ3) is 3.88. The van der Waals surface area contributed by atoms with Gasteiger partial charge in [-0.1, -0.05) is 25.1 Å². The fourth-order valence-corrected chi connectivity index (χ4v) is 4.25. The van der Waals surface area contributed by atoms with Crippen molar-refractivity contribution < 1.29 is 9.53 Å². The van der Waals surface area contributed by atoms with Gasteiger partial charge in [0.1, 0.15) is 5.75 Å². The first kappa shape index (κ1) is 19.9. The number of para-hydroxylation sites is 1. The summed E-state index contributed by atoms with van der Waals surface area (Å²) in [4.78, 5) is 14.8. The van der Waals surface area contributed by atoms with Crippen molar-refractivity contribution in [1.29, 1.82) is 0 Å². The molecule has 1 unspecified atom stereocenters. The first-order valence-electron chi connectivity index (χ1n) is 9.75. The van der Waals surface area contributed by atoms with Gasteiger partial charge >= 0.3 is 0 Å². The topological polar surface area (TPSA) is 53.9 Å². The summed E-state index contributed by atoms with van der Waals surface area (Å²) in [6, 6.07) is 13.5. The number of amides is 1. The Morgan fingerprint density at radius 2 is 2.07 bits per heavy atom. The fourth-order valence-electron chi connectivity index (χ4n) is 4.25. The van der Waals surface area contributed by atoms with Gasteiger partial charge in [0.25, 0.3) is 5.91 Å². The van der Waals surface area contributed by atoms with Gasteiger partial charge in [-0.15, -0.1) is 0 Å². The third-order valence-electron chi connectivity index (χ3n) is 5.46. The third-order valence-corrected chi connectivity index (χ3v) is 5.46. The van der Waals surface area contributed by atoms with Crippen molar-refractivity contribution in [3.8, 4) is 5.75 Å². The van der Waals surface area contributed by atoms with E-state index in [0.29, 0.717) is 17.2 Å². The van der Waals surface area contributed by atoms with Crippen molar-refractivity contribution >= 4 is 17.8 Å². The van der Waals surface area contributed by atoms with Gasteiger partial charge in [-0.05, 0) is 68.5 Å². The highest BCUT2D eigenvalue weighted by Gasteiger charge is 2.35. The van der Waals surface area contributed by atoms with Crippen LogP contribution >= 0.6 is 0 Å². The molecule has 0 aromatic heterocycles. The molecule has 3 rings (SSSR count). The maximum atomic E-state index is 12.3. The lowest BCUT2D eigenvalue weighted by molar-refractivity contribution is 0.0952. The van der Waals surface area contributed by atoms with E-state index in [1.807, 2.05) is 12.1 Å². The van der Waals surface area contributed by atoms with Gasteiger partial charge in [0.2, 0.25) is 0 Å². The van der Waals surface area contributed by atoms with E-state index < -0.39 is 0 Å². The smallest absolute Gasteiger partial charge is 0.275 e. The minimum atomic E-state index is -0.293. The van der Waals surface area contributed by atoms with Crippen LogP contribution in [0.5, 0.6) is 5.75 Å². The lowest BCUT2D eigenvalue weighted by Gasteiger charge is -2.47. The molecule has 28 heavy (non-hydrogen) atoms. The summed E-state index contributed by atoms with van der Waals surface area (Å²) >= 11 is 0. The summed E-state index contributed by atoms with van der Waals surface area (Å²) in [5.41, 5.74) is 6.80. The van der Waals surface area contributed by atoms with Gasteiger partial charge in [0.05, 0.1) is 18.9 Å². The summed E-state index contributed by atoms with van der Waals surface area (Å²) in [5.74, 6) is 0.711. The average Bonchev–Trinajstić information content (AvgIpc) is 2.67. The van der Waals surface area contributed by atoms with Crippen LogP contribution in [0.1, 0.15) is 61.5 Å². The van der Waals surface area contributed by atoms with Gasteiger partial charge in [0.15, 0.2) is 0 Å². The van der Waals surface area contributed by atoms with Crippen molar-refractivity contribution in [2.45, 2.75) is 45.6 Å². The van der Waals surface area contributed by atoms with E-state index in [1.165, 1.54) is 11.3 Å². The maximum Gasteiger partial charge on any atom is 0.275 e. The molecule has 1 amide bonds. The zero-order valence-electron chi connectivity index (χ0n) is 17.3. The maximum absolute atomic E-state index is 12.3. The van der Waals surface area contributed by atoms with Gasteiger partial charge < -0.3 is 9.64 Å². The number of anilines is 1. The molecule has 1 aliphatic heterocycles. The predicted octanol–water partition coefficient (Wildman–Crippen LogP) is 4.57. The number of hydrogen-bond donors (Lipinski definition) is 1. The number of hydrazone groups is 1. The second kappa shape index (κ2) is 8.05. The number of carbonyl (C=O) groups is 1. The molecule has 0 bridgehead atoms. The molecular weight excluding hydrogens is 350 g/mol. The molecule has 1 aliphatic rings. The Balaban J connectivity index is 1.77. The highest BCUT2D eigenvalue weighted by molar-refractivity contribution is 5.97. The Hall–Kier alpha value is -2.82. The Morgan fingerprint density at radius 3 is 2.79 bits per heavy atom. The van der Waals surface area contributed by atoms with Gasteiger partial charge in [-0.25, -0.2) is 5.43 Å². The molecule has 1 N–H and O–H groups in total. The quantitative estimate of drug-likeness (QED) is 0.611. The molecule has 0 saturated heterocycles. The highest BCUT2D eigenvalue weighted by atomic mass is 16.5. The molecule has 0 saturated carbocycles. The SMILES string of the molecule is CCN1c2ccc(/C=N\NC(=O)c3ccccc3OC)cc2C(C)CC1(C)C. The Kier molecular flexibility index (Phi) is 5.73. The number of ether oxygens (including phenoxy) is 1. The first-order valence-corrected chi connectivity index (χ1v) is 9.75. The zero-order valence-corrected chi connectivity index (χ0v) is 17.3. The Morgan fingerprint density at radius 1 is 1.32 bits per heavy atom. The van der Waals surface area contributed by atoms with Gasteiger partial charge in [-0.2, -0.15) is 5.10 Å². The second-order valence-corrected chi connectivity index (χ2v) is 7.88. The molecule has 5 nitrogen and oxygen atoms in total. The standard InChI is InChI=1S/C23H29N3O2/c1-6-26-20-12-11-17(13-19(20)16(2)14-23(26,3)4)15-24-25-22(27)18-9-7-8-10-21(18)28-5/h7-13,15-16H,6,14H2,1-5H3,(H,25,27)/b24-15-. The van der Waals surface area contributed by atoms with E-state index in [1.54, 1.807) is 31.5 Å². The monoisotopic (exact) mass is 379 g/mol. The number of benzene rings is 2. The number of methoxy groups -OCH3 is 1. The molecule has 2 aromatic rings. The van der Waals surface area contributed by atoms with E-state index in [2.05, 4.69) is 55.3 Å². The number of hydrogen-bond acceptors (Lipinski definition) is 4. The van der Waals surface area contributed by atoms with Crippen molar-refractivity contribution in [2.24, 2.45) is 5.10 Å². The average molecular weight is 380 g/mol. The largest absolute Gasteiger partial charge is 0.496 e.